The molecule has 0 atom stereocenters. The van der Waals surface area contributed by atoms with Gasteiger partial charge in [0, 0.05) is 24.4 Å². The van der Waals surface area contributed by atoms with E-state index in [2.05, 4.69) is 19.2 Å². The molecule has 0 aliphatic heterocycles. The fourth-order valence-electron chi connectivity index (χ4n) is 8.29. The molecule has 0 aliphatic rings. The highest BCUT2D eigenvalue weighted by molar-refractivity contribution is 7.85. The Morgan fingerprint density at radius 2 is 0.727 bits per heavy atom. The van der Waals surface area contributed by atoms with Gasteiger partial charge < -0.3 is 14.8 Å². The number of ketones is 1. The number of esters is 2. The van der Waals surface area contributed by atoms with Crippen LogP contribution >= 0.6 is 0 Å². The van der Waals surface area contributed by atoms with Gasteiger partial charge >= 0.3 is 11.9 Å². The molecule has 0 spiro atoms. The van der Waals surface area contributed by atoms with Gasteiger partial charge in [-0.25, -0.2) is 0 Å². The zero-order valence-electron chi connectivity index (χ0n) is 43.5. The molecule has 2 N–H and O–H groups in total. The molecule has 0 saturated heterocycles. The number of nitrogens with one attached hydrogen (secondary N) is 1. The predicted molar refractivity (Wildman–Crippen MR) is 279 cm³/mol. The number of carbonyl (C=O) groups is 3. The molecule has 1 aromatic carbocycles. The van der Waals surface area contributed by atoms with E-state index in [-0.39, 0.29) is 41.8 Å². The Balaban J connectivity index is 0.00000797. The number of hydrogen-bond acceptors (Lipinski definition) is 8. The number of carbonyl (C=O) groups excluding carboxylic acids is 3. The summed E-state index contributed by atoms with van der Waals surface area (Å²) in [5, 5.41) is 3.15. The summed E-state index contributed by atoms with van der Waals surface area (Å²) in [7, 11) is -3.67. The summed E-state index contributed by atoms with van der Waals surface area (Å²) in [5.41, 5.74) is 0.429. The van der Waals surface area contributed by atoms with Gasteiger partial charge in [-0.1, -0.05) is 259 Å². The van der Waals surface area contributed by atoms with E-state index in [4.69, 9.17) is 14.0 Å². The zero-order chi connectivity index (χ0) is 48.8. The Bertz CT molecular complexity index is 1390. The van der Waals surface area contributed by atoms with Crippen molar-refractivity contribution in [2.24, 2.45) is 0 Å². The van der Waals surface area contributed by atoms with Crippen LogP contribution in [0.5, 0.6) is 11.5 Å². The molecule has 0 radical (unpaired) electrons. The van der Waals surface area contributed by atoms with Gasteiger partial charge in [-0.3, -0.25) is 18.9 Å². The molecule has 66 heavy (non-hydrogen) atoms. The van der Waals surface area contributed by atoms with E-state index in [1.165, 1.54) is 205 Å². The van der Waals surface area contributed by atoms with Gasteiger partial charge in [-0.05, 0) is 31.0 Å². The van der Waals surface area contributed by atoms with Gasteiger partial charge in [0.2, 0.25) is 0 Å². The van der Waals surface area contributed by atoms with E-state index >= 15 is 0 Å². The van der Waals surface area contributed by atoms with Crippen molar-refractivity contribution in [3.63, 3.8) is 0 Å². The highest BCUT2D eigenvalue weighted by Gasteiger charge is 2.17. The monoisotopic (exact) mass is 950 g/mol. The Kier molecular flexibility index (Phi) is 44.8. The fraction of sp³-hybridized carbons (Fsp3) is 0.839. The summed E-state index contributed by atoms with van der Waals surface area (Å²) in [5.74, 6) is -0.425. The number of rotatable bonds is 46. The standard InChI is InChI=1S/C55H99NO5.CH4O3S/c1-5-7-9-11-13-15-17-19-21-23-25-27-29-31-33-35-37-39-41-43-54(58)60-52-46-45-50(51(57)48-56-49(3)4)47-53(52)61-55(59)44-42-40-38-36-34-32-30-28-26-24-22-20-18-16-14-12-10-8-6-2;1-5(2,3)4/h45-47,49,56H,5-44,48H2,1-4H3;1H3,(H,2,3,4). The van der Waals surface area contributed by atoms with E-state index in [0.29, 0.717) is 24.7 Å². The maximum absolute atomic E-state index is 12.9. The van der Waals surface area contributed by atoms with E-state index in [1.807, 2.05) is 13.8 Å². The third-order valence-electron chi connectivity index (χ3n) is 12.4. The summed E-state index contributed by atoms with van der Waals surface area (Å²) in [6.45, 7) is 8.73. The highest BCUT2D eigenvalue weighted by atomic mass is 32.2. The molecule has 0 heterocycles. The van der Waals surface area contributed by atoms with Gasteiger partial charge in [0.05, 0.1) is 12.8 Å². The van der Waals surface area contributed by atoms with Crippen LogP contribution in [0.2, 0.25) is 0 Å². The lowest BCUT2D eigenvalue weighted by atomic mass is 10.0. The molecule has 386 valence electrons. The summed E-state index contributed by atoms with van der Waals surface area (Å²) < 4.78 is 37.3. The molecule has 0 unspecified atom stereocenters. The molecular formula is C56H103NO8S. The first-order valence-corrected chi connectivity index (χ1v) is 29.5. The summed E-state index contributed by atoms with van der Waals surface area (Å²) in [4.78, 5) is 38.6. The second-order valence-corrected chi connectivity index (χ2v) is 21.0. The number of ether oxygens (including phenoxy) is 2. The Morgan fingerprint density at radius 1 is 0.470 bits per heavy atom. The van der Waals surface area contributed by atoms with Crippen LogP contribution in [0.4, 0.5) is 0 Å². The minimum atomic E-state index is -3.67. The van der Waals surface area contributed by atoms with Crippen LogP contribution in [-0.4, -0.2) is 49.5 Å². The average Bonchev–Trinajstić information content (AvgIpc) is 3.27. The molecule has 0 aliphatic carbocycles. The number of benzene rings is 1. The third-order valence-corrected chi connectivity index (χ3v) is 12.4. The van der Waals surface area contributed by atoms with Crippen LogP contribution in [0, 0.1) is 0 Å². The van der Waals surface area contributed by atoms with Crippen molar-refractivity contribution in [3.8, 4) is 11.5 Å². The van der Waals surface area contributed by atoms with Crippen LogP contribution < -0.4 is 14.8 Å². The SMILES string of the molecule is CCCCCCCCCCCCCCCCCCCCCC(=O)Oc1ccc(C(=O)CNC(C)C)cc1OC(=O)CCCCCCCCCCCCCCCCCCCCC.CS(=O)(=O)O. The summed E-state index contributed by atoms with van der Waals surface area (Å²) >= 11 is 0. The van der Waals surface area contributed by atoms with Crippen molar-refractivity contribution in [1.82, 2.24) is 5.32 Å². The van der Waals surface area contributed by atoms with Crippen LogP contribution in [0.3, 0.4) is 0 Å². The molecule has 0 saturated carbocycles. The number of Topliss-reactive ketones (excluding diaryl/α,β-unsaturated/α-hetero) is 1. The first kappa shape index (κ1) is 63.7. The molecule has 1 rings (SSSR count). The van der Waals surface area contributed by atoms with Crippen molar-refractivity contribution < 1.29 is 36.8 Å². The van der Waals surface area contributed by atoms with Gasteiger partial charge in [-0.2, -0.15) is 8.42 Å². The minimum Gasteiger partial charge on any atom is -0.423 e. The highest BCUT2D eigenvalue weighted by Crippen LogP contribution is 2.30. The maximum Gasteiger partial charge on any atom is 0.311 e. The fourth-order valence-corrected chi connectivity index (χ4v) is 8.29. The van der Waals surface area contributed by atoms with Crippen LogP contribution in [-0.2, 0) is 19.7 Å². The molecule has 1 aromatic rings. The van der Waals surface area contributed by atoms with Gasteiger partial charge in [0.15, 0.2) is 17.3 Å². The largest absolute Gasteiger partial charge is 0.423 e. The molecule has 0 bridgehead atoms. The quantitative estimate of drug-likeness (QED) is 0.0215. The predicted octanol–water partition coefficient (Wildman–Crippen LogP) is 16.8. The van der Waals surface area contributed by atoms with E-state index < -0.39 is 10.1 Å². The van der Waals surface area contributed by atoms with Crippen LogP contribution in [0.25, 0.3) is 0 Å². The van der Waals surface area contributed by atoms with E-state index in [0.717, 1.165) is 38.5 Å². The molecule has 9 nitrogen and oxygen atoms in total. The molecule has 0 amide bonds. The van der Waals surface area contributed by atoms with E-state index in [1.54, 1.807) is 18.2 Å². The zero-order valence-corrected chi connectivity index (χ0v) is 44.3. The summed E-state index contributed by atoms with van der Waals surface area (Å²) in [6.07, 6.45) is 51.1. The van der Waals surface area contributed by atoms with Crippen molar-refractivity contribution >= 4 is 27.8 Å². The van der Waals surface area contributed by atoms with Crippen molar-refractivity contribution in [2.45, 2.75) is 291 Å². The smallest absolute Gasteiger partial charge is 0.311 e. The van der Waals surface area contributed by atoms with Crippen LogP contribution in [0.1, 0.15) is 295 Å². The van der Waals surface area contributed by atoms with Crippen molar-refractivity contribution in [1.29, 1.82) is 0 Å². The molecule has 0 aromatic heterocycles. The first-order chi connectivity index (χ1) is 31.9. The van der Waals surface area contributed by atoms with Crippen molar-refractivity contribution in [2.75, 3.05) is 12.8 Å². The first-order valence-electron chi connectivity index (χ1n) is 27.6. The third kappa shape index (κ3) is 46.8. The Hall–Kier alpha value is -2.30. The number of unbranched alkanes of at least 4 members (excludes halogenated alkanes) is 36. The average molecular weight is 951 g/mol. The second-order valence-electron chi connectivity index (χ2n) is 19.5. The van der Waals surface area contributed by atoms with E-state index in [9.17, 15) is 22.8 Å². The Morgan fingerprint density at radius 3 is 1.00 bits per heavy atom. The van der Waals surface area contributed by atoms with Crippen LogP contribution in [0.15, 0.2) is 18.2 Å². The Labute approximate surface area is 407 Å². The van der Waals surface area contributed by atoms with Gasteiger partial charge in [0.25, 0.3) is 10.1 Å². The van der Waals surface area contributed by atoms with Gasteiger partial charge in [0.1, 0.15) is 0 Å². The topological polar surface area (TPSA) is 136 Å². The molecular weight excluding hydrogens is 847 g/mol. The van der Waals surface area contributed by atoms with Crippen molar-refractivity contribution in [3.05, 3.63) is 23.8 Å². The van der Waals surface area contributed by atoms with Gasteiger partial charge in [-0.15, -0.1) is 0 Å². The second kappa shape index (κ2) is 46.4. The number of hydrogen-bond donors (Lipinski definition) is 2. The lowest BCUT2D eigenvalue weighted by Gasteiger charge is -2.13. The lowest BCUT2D eigenvalue weighted by molar-refractivity contribution is -0.137. The lowest BCUT2D eigenvalue weighted by Crippen LogP contribution is -2.29. The minimum absolute atomic E-state index is 0.100. The summed E-state index contributed by atoms with van der Waals surface area (Å²) in [6, 6.07) is 4.97. The molecule has 0 fully saturated rings. The molecule has 10 heteroatoms. The normalized spacial score (nSPS) is 11.4. The maximum atomic E-state index is 12.9.